The van der Waals surface area contributed by atoms with Gasteiger partial charge in [-0.1, -0.05) is 0 Å². The van der Waals surface area contributed by atoms with Gasteiger partial charge in [0.1, 0.15) is 0 Å². The van der Waals surface area contributed by atoms with Gasteiger partial charge in [-0.3, -0.25) is 9.59 Å². The van der Waals surface area contributed by atoms with Gasteiger partial charge in [-0.05, 0) is 6.92 Å². The Balaban J connectivity index is 2.71. The molecule has 0 aliphatic carbocycles. The minimum Gasteiger partial charge on any atom is -0.380 e. The lowest BCUT2D eigenvalue weighted by Gasteiger charge is -2.19. The number of ether oxygens (including phenoxy) is 1. The van der Waals surface area contributed by atoms with Crippen molar-refractivity contribution in [1.29, 1.82) is 0 Å². The summed E-state index contributed by atoms with van der Waals surface area (Å²) in [5.74, 6) is -0.0190. The molecule has 1 saturated heterocycles. The van der Waals surface area contributed by atoms with E-state index in [1.54, 1.807) is 12.0 Å². The fraction of sp³-hybridized carbons (Fsp3) is 0.778. The topological polar surface area (TPSA) is 46.6 Å². The molecule has 0 bridgehead atoms. The molecule has 0 aromatic carbocycles. The summed E-state index contributed by atoms with van der Waals surface area (Å²) < 4.78 is 5.13. The number of likely N-dealkylation sites (tertiary alicyclic amines) is 1. The van der Waals surface area contributed by atoms with E-state index in [4.69, 9.17) is 4.74 Å². The molecule has 4 heteroatoms. The van der Waals surface area contributed by atoms with Crippen LogP contribution in [-0.4, -0.2) is 42.4 Å². The normalized spacial score (nSPS) is 27.8. The van der Waals surface area contributed by atoms with Crippen LogP contribution in [0.4, 0.5) is 0 Å². The summed E-state index contributed by atoms with van der Waals surface area (Å²) >= 11 is 0. The third-order valence-corrected chi connectivity index (χ3v) is 2.47. The van der Waals surface area contributed by atoms with Crippen molar-refractivity contribution in [3.8, 4) is 0 Å². The Morgan fingerprint density at radius 2 is 2.00 bits per heavy atom. The number of rotatable bonds is 2. The Morgan fingerprint density at radius 3 is 2.31 bits per heavy atom. The molecular weight excluding hydrogens is 170 g/mol. The molecular formula is C9H15NO3. The maximum absolute atomic E-state index is 11.2. The lowest BCUT2D eigenvalue weighted by atomic mass is 10.1. The van der Waals surface area contributed by atoms with E-state index in [0.29, 0.717) is 13.0 Å². The van der Waals surface area contributed by atoms with Crippen molar-refractivity contribution in [2.75, 3.05) is 13.7 Å². The van der Waals surface area contributed by atoms with Crippen LogP contribution in [-0.2, 0) is 14.3 Å². The summed E-state index contributed by atoms with van der Waals surface area (Å²) in [6.07, 6.45) is 0.642. The minimum absolute atomic E-state index is 0.0119. The molecule has 0 spiro atoms. The highest BCUT2D eigenvalue weighted by atomic mass is 16.5. The number of carbonyl (C=O) groups excluding carboxylic acids is 2. The van der Waals surface area contributed by atoms with Gasteiger partial charge in [0.05, 0.1) is 12.1 Å². The second kappa shape index (κ2) is 3.87. The van der Waals surface area contributed by atoms with Crippen LogP contribution in [0.5, 0.6) is 0 Å². The average molecular weight is 185 g/mol. The Hall–Kier alpha value is -0.900. The SMILES string of the molecule is CO[C@@H]1C[C@@H](C(C)=O)N(C(C)=O)C1. The summed E-state index contributed by atoms with van der Waals surface area (Å²) in [5, 5.41) is 0. The fourth-order valence-electron chi connectivity index (χ4n) is 1.70. The first kappa shape index (κ1) is 10.2. The molecule has 0 aromatic heterocycles. The largest absolute Gasteiger partial charge is 0.380 e. The molecule has 0 saturated carbocycles. The van der Waals surface area contributed by atoms with E-state index in [0.717, 1.165) is 0 Å². The van der Waals surface area contributed by atoms with E-state index in [9.17, 15) is 9.59 Å². The summed E-state index contributed by atoms with van der Waals surface area (Å²) in [7, 11) is 1.60. The Morgan fingerprint density at radius 1 is 1.38 bits per heavy atom. The van der Waals surface area contributed by atoms with Gasteiger partial charge in [-0.2, -0.15) is 0 Å². The van der Waals surface area contributed by atoms with Crippen molar-refractivity contribution in [2.45, 2.75) is 32.4 Å². The monoisotopic (exact) mass is 185 g/mol. The quantitative estimate of drug-likeness (QED) is 0.618. The number of methoxy groups -OCH3 is 1. The van der Waals surface area contributed by atoms with Gasteiger partial charge in [0, 0.05) is 27.0 Å². The highest BCUT2D eigenvalue weighted by Gasteiger charge is 2.36. The lowest BCUT2D eigenvalue weighted by molar-refractivity contribution is -0.135. The van der Waals surface area contributed by atoms with E-state index < -0.39 is 0 Å². The van der Waals surface area contributed by atoms with Crippen LogP contribution in [0, 0.1) is 0 Å². The van der Waals surface area contributed by atoms with E-state index >= 15 is 0 Å². The van der Waals surface area contributed by atoms with Gasteiger partial charge < -0.3 is 9.64 Å². The van der Waals surface area contributed by atoms with Crippen LogP contribution in [0.1, 0.15) is 20.3 Å². The van der Waals surface area contributed by atoms with Crippen molar-refractivity contribution in [3.63, 3.8) is 0 Å². The first-order valence-corrected chi connectivity index (χ1v) is 4.36. The van der Waals surface area contributed by atoms with Crippen LogP contribution < -0.4 is 0 Å². The third kappa shape index (κ3) is 2.06. The summed E-state index contributed by atoms with van der Waals surface area (Å²) in [6, 6.07) is -0.276. The summed E-state index contributed by atoms with van der Waals surface area (Å²) in [5.41, 5.74) is 0. The minimum atomic E-state index is -0.276. The molecule has 1 aliphatic heterocycles. The standard InChI is InChI=1S/C9H15NO3/c1-6(11)9-4-8(13-3)5-10(9)7(2)12/h8-9H,4-5H2,1-3H3/t8-,9+/m1/s1. The molecule has 0 aromatic rings. The number of hydrogen-bond acceptors (Lipinski definition) is 3. The molecule has 1 heterocycles. The first-order chi connectivity index (χ1) is 6.06. The maximum atomic E-state index is 11.2. The zero-order valence-electron chi connectivity index (χ0n) is 8.24. The van der Waals surface area contributed by atoms with E-state index in [1.165, 1.54) is 13.8 Å². The van der Waals surface area contributed by atoms with Crippen LogP contribution in [0.25, 0.3) is 0 Å². The van der Waals surface area contributed by atoms with E-state index in [1.807, 2.05) is 0 Å². The van der Waals surface area contributed by atoms with Gasteiger partial charge >= 0.3 is 0 Å². The van der Waals surface area contributed by atoms with Gasteiger partial charge in [0.25, 0.3) is 0 Å². The van der Waals surface area contributed by atoms with Crippen molar-refractivity contribution < 1.29 is 14.3 Å². The molecule has 0 unspecified atom stereocenters. The number of ketones is 1. The lowest BCUT2D eigenvalue weighted by Crippen LogP contribution is -2.38. The molecule has 0 radical (unpaired) electrons. The fourth-order valence-corrected chi connectivity index (χ4v) is 1.70. The molecule has 1 amide bonds. The Kier molecular flexibility index (Phi) is 3.03. The van der Waals surface area contributed by atoms with Crippen molar-refractivity contribution >= 4 is 11.7 Å². The van der Waals surface area contributed by atoms with Gasteiger partial charge in [-0.15, -0.1) is 0 Å². The van der Waals surface area contributed by atoms with Crippen molar-refractivity contribution in [1.82, 2.24) is 4.90 Å². The zero-order valence-corrected chi connectivity index (χ0v) is 8.24. The average Bonchev–Trinajstić information content (AvgIpc) is 2.47. The van der Waals surface area contributed by atoms with Crippen molar-refractivity contribution in [3.05, 3.63) is 0 Å². The smallest absolute Gasteiger partial charge is 0.220 e. The third-order valence-electron chi connectivity index (χ3n) is 2.47. The van der Waals surface area contributed by atoms with Gasteiger partial charge in [-0.25, -0.2) is 0 Å². The molecule has 13 heavy (non-hydrogen) atoms. The molecule has 4 nitrogen and oxygen atoms in total. The number of carbonyl (C=O) groups is 2. The Labute approximate surface area is 77.8 Å². The highest BCUT2D eigenvalue weighted by molar-refractivity contribution is 5.87. The zero-order chi connectivity index (χ0) is 10.0. The number of nitrogens with zero attached hydrogens (tertiary/aromatic N) is 1. The second-order valence-corrected chi connectivity index (χ2v) is 3.39. The second-order valence-electron chi connectivity index (χ2n) is 3.39. The van der Waals surface area contributed by atoms with Crippen LogP contribution in [0.15, 0.2) is 0 Å². The maximum Gasteiger partial charge on any atom is 0.220 e. The molecule has 0 N–H and O–H groups in total. The predicted molar refractivity (Wildman–Crippen MR) is 47.3 cm³/mol. The van der Waals surface area contributed by atoms with Gasteiger partial charge in [0.15, 0.2) is 5.78 Å². The predicted octanol–water partition coefficient (Wildman–Crippen LogP) is 0.211. The number of hydrogen-bond donors (Lipinski definition) is 0. The highest BCUT2D eigenvalue weighted by Crippen LogP contribution is 2.20. The van der Waals surface area contributed by atoms with Crippen LogP contribution in [0.3, 0.4) is 0 Å². The molecule has 74 valence electrons. The van der Waals surface area contributed by atoms with Gasteiger partial charge in [0.2, 0.25) is 5.91 Å². The summed E-state index contributed by atoms with van der Waals surface area (Å²) in [4.78, 5) is 23.9. The van der Waals surface area contributed by atoms with Crippen LogP contribution in [0.2, 0.25) is 0 Å². The number of amides is 1. The number of Topliss-reactive ketones (excluding diaryl/α,β-unsaturated/α-hetero) is 1. The first-order valence-electron chi connectivity index (χ1n) is 4.36. The van der Waals surface area contributed by atoms with E-state index in [-0.39, 0.29) is 23.8 Å². The summed E-state index contributed by atoms with van der Waals surface area (Å²) in [6.45, 7) is 3.53. The Bertz CT molecular complexity index is 205. The molecule has 1 aliphatic rings. The van der Waals surface area contributed by atoms with Crippen molar-refractivity contribution in [2.24, 2.45) is 0 Å². The molecule has 2 atom stereocenters. The van der Waals surface area contributed by atoms with E-state index in [2.05, 4.69) is 0 Å². The molecule has 1 rings (SSSR count). The van der Waals surface area contributed by atoms with Crippen LogP contribution >= 0.6 is 0 Å². The molecule has 1 fully saturated rings.